The Kier molecular flexibility index (Phi) is 4.29. The summed E-state index contributed by atoms with van der Waals surface area (Å²) >= 11 is 1.50. The molecule has 0 aliphatic heterocycles. The van der Waals surface area contributed by atoms with Crippen molar-refractivity contribution < 1.29 is 4.42 Å². The van der Waals surface area contributed by atoms with Crippen molar-refractivity contribution in [2.24, 2.45) is 0 Å². The zero-order valence-electron chi connectivity index (χ0n) is 12.0. The maximum absolute atomic E-state index is 5.37. The predicted octanol–water partition coefficient (Wildman–Crippen LogP) is 2.51. The minimum Gasteiger partial charge on any atom is -0.425 e. The predicted molar refractivity (Wildman–Crippen MR) is 82.0 cm³/mol. The number of aryl methyl sites for hydroxylation is 1. The molecule has 0 saturated heterocycles. The molecule has 112 valence electrons. The molecule has 7 nitrogen and oxygen atoms in total. The van der Waals surface area contributed by atoms with Crippen LogP contribution in [0.25, 0.3) is 11.4 Å². The molecule has 22 heavy (non-hydrogen) atoms. The van der Waals surface area contributed by atoms with Crippen molar-refractivity contribution in [2.45, 2.75) is 24.4 Å². The zero-order valence-corrected chi connectivity index (χ0v) is 12.8. The summed E-state index contributed by atoms with van der Waals surface area (Å²) in [6.45, 7) is 6.18. The Labute approximate surface area is 131 Å². The summed E-state index contributed by atoms with van der Waals surface area (Å²) in [4.78, 5) is 4.02. The van der Waals surface area contributed by atoms with Crippen LogP contribution in [0.15, 0.2) is 46.8 Å². The molecule has 3 aromatic heterocycles. The third kappa shape index (κ3) is 3.06. The van der Waals surface area contributed by atoms with Gasteiger partial charge in [0.25, 0.3) is 0 Å². The topological polar surface area (TPSA) is 82.5 Å². The number of nitrogens with zero attached hydrogens (tertiary/aromatic N) is 6. The molecule has 3 heterocycles. The summed E-state index contributed by atoms with van der Waals surface area (Å²) in [5.41, 5.74) is 0.963. The molecular weight excluding hydrogens is 300 g/mol. The lowest BCUT2D eigenvalue weighted by Gasteiger charge is -2.06. The van der Waals surface area contributed by atoms with E-state index in [9.17, 15) is 0 Å². The first-order valence-electron chi connectivity index (χ1n) is 6.64. The van der Waals surface area contributed by atoms with E-state index in [0.717, 1.165) is 16.5 Å². The second-order valence-electron chi connectivity index (χ2n) is 4.44. The highest BCUT2D eigenvalue weighted by Gasteiger charge is 2.14. The Balaban J connectivity index is 1.85. The van der Waals surface area contributed by atoms with Gasteiger partial charge in [-0.25, -0.2) is 0 Å². The van der Waals surface area contributed by atoms with Crippen LogP contribution in [0.1, 0.15) is 11.8 Å². The van der Waals surface area contributed by atoms with E-state index in [1.165, 1.54) is 11.8 Å². The molecule has 0 saturated carbocycles. The molecule has 0 N–H and O–H groups in total. The summed E-state index contributed by atoms with van der Waals surface area (Å²) in [5, 5.41) is 17.1. The second kappa shape index (κ2) is 6.52. The Morgan fingerprint density at radius 2 is 2.05 bits per heavy atom. The minimum atomic E-state index is 0.548. The van der Waals surface area contributed by atoms with Gasteiger partial charge in [0.15, 0.2) is 11.0 Å². The lowest BCUT2D eigenvalue weighted by molar-refractivity contribution is 0.485. The molecule has 0 spiro atoms. The van der Waals surface area contributed by atoms with Crippen molar-refractivity contribution in [3.8, 4) is 11.4 Å². The van der Waals surface area contributed by atoms with Gasteiger partial charge in [-0.2, -0.15) is 0 Å². The van der Waals surface area contributed by atoms with Gasteiger partial charge in [-0.15, -0.1) is 27.0 Å². The number of allylic oxidation sites excluding steroid dienone is 1. The molecule has 0 unspecified atom stereocenters. The van der Waals surface area contributed by atoms with E-state index >= 15 is 0 Å². The van der Waals surface area contributed by atoms with Crippen LogP contribution < -0.4 is 0 Å². The van der Waals surface area contributed by atoms with Crippen LogP contribution in [-0.2, 0) is 12.3 Å². The maximum atomic E-state index is 5.37. The van der Waals surface area contributed by atoms with Crippen molar-refractivity contribution in [2.75, 3.05) is 0 Å². The number of hydrogen-bond acceptors (Lipinski definition) is 7. The van der Waals surface area contributed by atoms with Crippen LogP contribution in [0.4, 0.5) is 0 Å². The smallest absolute Gasteiger partial charge is 0.226 e. The molecule has 0 aromatic carbocycles. The second-order valence-corrected chi connectivity index (χ2v) is 5.39. The molecule has 3 aromatic rings. The molecule has 0 bridgehead atoms. The average Bonchev–Trinajstić information content (AvgIpc) is 3.13. The lowest BCUT2D eigenvalue weighted by Crippen LogP contribution is -2.00. The SMILES string of the molecule is C=CCn1c(SCc2nnc(C)o2)nnc1-c1ccncc1. The van der Waals surface area contributed by atoms with Crippen LogP contribution >= 0.6 is 11.8 Å². The van der Waals surface area contributed by atoms with Gasteiger partial charge < -0.3 is 4.42 Å². The van der Waals surface area contributed by atoms with E-state index in [0.29, 0.717) is 24.1 Å². The Morgan fingerprint density at radius 1 is 1.23 bits per heavy atom. The Bertz CT molecular complexity index is 767. The Morgan fingerprint density at radius 3 is 2.73 bits per heavy atom. The first-order valence-corrected chi connectivity index (χ1v) is 7.62. The summed E-state index contributed by atoms with van der Waals surface area (Å²) in [6.07, 6.45) is 5.28. The van der Waals surface area contributed by atoms with E-state index in [-0.39, 0.29) is 0 Å². The summed E-state index contributed by atoms with van der Waals surface area (Å²) in [6, 6.07) is 3.80. The van der Waals surface area contributed by atoms with Gasteiger partial charge in [-0.3, -0.25) is 9.55 Å². The van der Waals surface area contributed by atoms with Gasteiger partial charge in [0.05, 0.1) is 5.75 Å². The number of rotatable bonds is 6. The molecule has 0 amide bonds. The van der Waals surface area contributed by atoms with Crippen LogP contribution in [-0.4, -0.2) is 29.9 Å². The fourth-order valence-corrected chi connectivity index (χ4v) is 2.71. The fourth-order valence-electron chi connectivity index (χ4n) is 1.93. The van der Waals surface area contributed by atoms with E-state index in [2.05, 4.69) is 32.0 Å². The summed E-state index contributed by atoms with van der Waals surface area (Å²) in [7, 11) is 0. The van der Waals surface area contributed by atoms with Gasteiger partial charge >= 0.3 is 0 Å². The van der Waals surface area contributed by atoms with E-state index in [4.69, 9.17) is 4.42 Å². The lowest BCUT2D eigenvalue weighted by atomic mass is 10.2. The maximum Gasteiger partial charge on any atom is 0.226 e. The summed E-state index contributed by atoms with van der Waals surface area (Å²) < 4.78 is 7.36. The molecule has 0 aliphatic carbocycles. The monoisotopic (exact) mass is 314 g/mol. The van der Waals surface area contributed by atoms with Gasteiger partial charge in [0.2, 0.25) is 11.8 Å². The summed E-state index contributed by atoms with van der Waals surface area (Å²) in [5.74, 6) is 2.46. The highest BCUT2D eigenvalue weighted by Crippen LogP contribution is 2.25. The van der Waals surface area contributed by atoms with Gasteiger partial charge in [-0.1, -0.05) is 17.8 Å². The van der Waals surface area contributed by atoms with E-state index in [1.807, 2.05) is 22.8 Å². The van der Waals surface area contributed by atoms with Gasteiger partial charge in [-0.05, 0) is 12.1 Å². The van der Waals surface area contributed by atoms with Crippen LogP contribution in [0.3, 0.4) is 0 Å². The molecule has 8 heteroatoms. The molecule has 0 radical (unpaired) electrons. The van der Waals surface area contributed by atoms with Crippen molar-refractivity contribution in [3.63, 3.8) is 0 Å². The normalized spacial score (nSPS) is 10.8. The van der Waals surface area contributed by atoms with Gasteiger partial charge in [0, 0.05) is 31.4 Å². The Hall–Kier alpha value is -2.48. The van der Waals surface area contributed by atoms with E-state index in [1.54, 1.807) is 19.3 Å². The highest BCUT2D eigenvalue weighted by molar-refractivity contribution is 7.98. The van der Waals surface area contributed by atoms with Crippen molar-refractivity contribution >= 4 is 11.8 Å². The van der Waals surface area contributed by atoms with Crippen LogP contribution in [0.5, 0.6) is 0 Å². The van der Waals surface area contributed by atoms with E-state index < -0.39 is 0 Å². The third-order valence-corrected chi connectivity index (χ3v) is 3.81. The third-order valence-electron chi connectivity index (χ3n) is 2.86. The largest absolute Gasteiger partial charge is 0.425 e. The minimum absolute atomic E-state index is 0.548. The molecule has 3 rings (SSSR count). The number of thioether (sulfide) groups is 1. The fraction of sp³-hybridized carbons (Fsp3) is 0.214. The number of pyridine rings is 1. The zero-order chi connectivity index (χ0) is 15.4. The standard InChI is InChI=1S/C14H14N6OS/c1-3-8-20-13(11-4-6-15-7-5-11)18-19-14(20)22-9-12-17-16-10(2)21-12/h3-7H,1,8-9H2,2H3. The van der Waals surface area contributed by atoms with Crippen molar-refractivity contribution in [1.29, 1.82) is 0 Å². The van der Waals surface area contributed by atoms with Gasteiger partial charge in [0.1, 0.15) is 0 Å². The molecule has 0 fully saturated rings. The highest BCUT2D eigenvalue weighted by atomic mass is 32.2. The molecule has 0 atom stereocenters. The van der Waals surface area contributed by atoms with Crippen LogP contribution in [0, 0.1) is 6.92 Å². The first kappa shape index (κ1) is 14.5. The average molecular weight is 314 g/mol. The quantitative estimate of drug-likeness (QED) is 0.510. The number of hydrogen-bond donors (Lipinski definition) is 0. The van der Waals surface area contributed by atoms with Crippen molar-refractivity contribution in [3.05, 3.63) is 49.0 Å². The van der Waals surface area contributed by atoms with Crippen molar-refractivity contribution in [1.82, 2.24) is 29.9 Å². The number of aromatic nitrogens is 6. The molecule has 0 aliphatic rings. The first-order chi connectivity index (χ1) is 10.8. The molecular formula is C14H14N6OS. The van der Waals surface area contributed by atoms with Crippen LogP contribution in [0.2, 0.25) is 0 Å².